The summed E-state index contributed by atoms with van der Waals surface area (Å²) in [6.45, 7) is 4.35. The van der Waals surface area contributed by atoms with Crippen LogP contribution in [0, 0.1) is 0 Å². The van der Waals surface area contributed by atoms with Crippen molar-refractivity contribution in [2.24, 2.45) is 0 Å². The summed E-state index contributed by atoms with van der Waals surface area (Å²) in [5.74, 6) is 0.355. The summed E-state index contributed by atoms with van der Waals surface area (Å²) in [5, 5.41) is 9.02. The highest BCUT2D eigenvalue weighted by molar-refractivity contribution is 5.95. The molecular weight excluding hydrogens is 280 g/mol. The smallest absolute Gasteiger partial charge is 0.317 e. The number of hydrogen-bond acceptors (Lipinski definition) is 3. The van der Waals surface area contributed by atoms with E-state index < -0.39 is 0 Å². The lowest BCUT2D eigenvalue weighted by Crippen LogP contribution is -2.37. The van der Waals surface area contributed by atoms with Crippen molar-refractivity contribution in [2.75, 3.05) is 39.3 Å². The van der Waals surface area contributed by atoms with Crippen LogP contribution < -0.4 is 16.0 Å². The molecule has 6 nitrogen and oxygen atoms in total. The van der Waals surface area contributed by atoms with Crippen LogP contribution in [0.5, 0.6) is 0 Å². The van der Waals surface area contributed by atoms with Gasteiger partial charge in [-0.15, -0.1) is 0 Å². The summed E-state index contributed by atoms with van der Waals surface area (Å²) < 4.78 is 0. The van der Waals surface area contributed by atoms with Crippen LogP contribution in [0.15, 0.2) is 24.3 Å². The van der Waals surface area contributed by atoms with Crippen molar-refractivity contribution in [3.05, 3.63) is 35.4 Å². The van der Waals surface area contributed by atoms with Crippen LogP contribution in [0.1, 0.15) is 28.3 Å². The van der Waals surface area contributed by atoms with Crippen LogP contribution >= 0.6 is 0 Å². The van der Waals surface area contributed by atoms with Crippen LogP contribution in [-0.2, 0) is 0 Å². The third kappa shape index (κ3) is 3.22. The Bertz CT molecular complexity index is 555. The lowest BCUT2D eigenvalue weighted by Gasteiger charge is -2.17. The standard InChI is InChI=1S/C16H22N4O2/c21-15(18-7-9-20-10-8-19-16(20)22)14-4-2-1-3-13(14)12-5-6-17-11-12/h1-4,12,17H,5-11H2,(H,18,21)(H,19,22). The molecule has 2 aliphatic rings. The average molecular weight is 302 g/mol. The number of nitrogens with one attached hydrogen (secondary N) is 3. The summed E-state index contributed by atoms with van der Waals surface area (Å²) in [7, 11) is 0. The highest BCUT2D eigenvalue weighted by Gasteiger charge is 2.22. The van der Waals surface area contributed by atoms with E-state index in [0.29, 0.717) is 32.1 Å². The molecule has 0 aliphatic carbocycles. The van der Waals surface area contributed by atoms with Crippen LogP contribution in [-0.4, -0.2) is 56.1 Å². The number of carbonyl (C=O) groups excluding carboxylic acids is 2. The lowest BCUT2D eigenvalue weighted by molar-refractivity contribution is 0.0949. The molecular formula is C16H22N4O2. The van der Waals surface area contributed by atoms with Gasteiger partial charge in [-0.2, -0.15) is 0 Å². The molecule has 0 bridgehead atoms. The van der Waals surface area contributed by atoms with Gasteiger partial charge in [0.2, 0.25) is 0 Å². The SMILES string of the molecule is O=C(NCCN1CCNC1=O)c1ccccc1C1CCNC1. The first kappa shape index (κ1) is 14.8. The third-order valence-corrected chi connectivity index (χ3v) is 4.32. The molecule has 0 aromatic heterocycles. The molecule has 0 saturated carbocycles. The highest BCUT2D eigenvalue weighted by Crippen LogP contribution is 2.25. The zero-order valence-electron chi connectivity index (χ0n) is 12.6. The molecule has 6 heteroatoms. The molecule has 2 saturated heterocycles. The Kier molecular flexibility index (Phi) is 4.58. The number of amides is 3. The van der Waals surface area contributed by atoms with Crippen molar-refractivity contribution in [3.63, 3.8) is 0 Å². The molecule has 2 aliphatic heterocycles. The predicted molar refractivity (Wildman–Crippen MR) is 84.0 cm³/mol. The second kappa shape index (κ2) is 6.79. The minimum absolute atomic E-state index is 0.0494. The van der Waals surface area contributed by atoms with Crippen molar-refractivity contribution < 1.29 is 9.59 Å². The number of benzene rings is 1. The summed E-state index contributed by atoms with van der Waals surface area (Å²) in [5.41, 5.74) is 1.87. The summed E-state index contributed by atoms with van der Waals surface area (Å²) in [4.78, 5) is 25.6. The van der Waals surface area contributed by atoms with Gasteiger partial charge in [0.25, 0.3) is 5.91 Å². The van der Waals surface area contributed by atoms with E-state index in [4.69, 9.17) is 0 Å². The molecule has 1 aromatic rings. The predicted octanol–water partition coefficient (Wildman–Crippen LogP) is 0.519. The zero-order valence-corrected chi connectivity index (χ0v) is 12.6. The molecule has 118 valence electrons. The van der Waals surface area contributed by atoms with Gasteiger partial charge in [-0.3, -0.25) is 4.79 Å². The Morgan fingerprint density at radius 2 is 2.18 bits per heavy atom. The lowest BCUT2D eigenvalue weighted by atomic mass is 9.93. The average Bonchev–Trinajstić information content (AvgIpc) is 3.19. The Balaban J connectivity index is 1.58. The molecule has 3 rings (SSSR count). The van der Waals surface area contributed by atoms with Gasteiger partial charge in [0.1, 0.15) is 0 Å². The van der Waals surface area contributed by atoms with Crippen molar-refractivity contribution in [1.29, 1.82) is 0 Å². The van der Waals surface area contributed by atoms with Gasteiger partial charge in [0, 0.05) is 38.3 Å². The largest absolute Gasteiger partial charge is 0.350 e. The van der Waals surface area contributed by atoms with Crippen molar-refractivity contribution in [2.45, 2.75) is 12.3 Å². The topological polar surface area (TPSA) is 73.5 Å². The molecule has 22 heavy (non-hydrogen) atoms. The summed E-state index contributed by atoms with van der Waals surface area (Å²) >= 11 is 0. The Morgan fingerprint density at radius 3 is 2.91 bits per heavy atom. The van der Waals surface area contributed by atoms with Gasteiger partial charge in [0.15, 0.2) is 0 Å². The number of carbonyl (C=O) groups is 2. The Labute approximate surface area is 130 Å². The molecule has 0 radical (unpaired) electrons. The van der Waals surface area contributed by atoms with E-state index in [9.17, 15) is 9.59 Å². The van der Waals surface area contributed by atoms with Gasteiger partial charge in [0.05, 0.1) is 0 Å². The normalized spacial score (nSPS) is 21.0. The first-order chi connectivity index (χ1) is 10.8. The van der Waals surface area contributed by atoms with E-state index in [1.54, 1.807) is 4.90 Å². The maximum absolute atomic E-state index is 12.4. The fourth-order valence-electron chi connectivity index (χ4n) is 3.10. The fourth-order valence-corrected chi connectivity index (χ4v) is 3.10. The zero-order chi connectivity index (χ0) is 15.4. The maximum atomic E-state index is 12.4. The van der Waals surface area contributed by atoms with Crippen LogP contribution in [0.3, 0.4) is 0 Å². The molecule has 3 N–H and O–H groups in total. The number of hydrogen-bond donors (Lipinski definition) is 3. The number of urea groups is 1. The van der Waals surface area contributed by atoms with Gasteiger partial charge in [-0.05, 0) is 30.5 Å². The van der Waals surface area contributed by atoms with Crippen LogP contribution in [0.2, 0.25) is 0 Å². The molecule has 3 amide bonds. The minimum atomic E-state index is -0.0536. The van der Waals surface area contributed by atoms with Crippen molar-refractivity contribution >= 4 is 11.9 Å². The summed E-state index contributed by atoms with van der Waals surface area (Å²) in [6, 6.07) is 7.76. The van der Waals surface area contributed by atoms with Crippen molar-refractivity contribution in [1.82, 2.24) is 20.9 Å². The molecule has 1 aromatic carbocycles. The second-order valence-corrected chi connectivity index (χ2v) is 5.75. The van der Waals surface area contributed by atoms with E-state index in [-0.39, 0.29) is 11.9 Å². The number of nitrogens with zero attached hydrogens (tertiary/aromatic N) is 1. The quantitative estimate of drug-likeness (QED) is 0.742. The van der Waals surface area contributed by atoms with E-state index in [1.807, 2.05) is 24.3 Å². The van der Waals surface area contributed by atoms with E-state index in [2.05, 4.69) is 16.0 Å². The van der Waals surface area contributed by atoms with Gasteiger partial charge < -0.3 is 20.9 Å². The Hall–Kier alpha value is -2.08. The van der Waals surface area contributed by atoms with E-state index in [1.165, 1.54) is 0 Å². The molecule has 0 spiro atoms. The fraction of sp³-hybridized carbons (Fsp3) is 0.500. The van der Waals surface area contributed by atoms with E-state index in [0.717, 1.165) is 30.6 Å². The molecule has 1 atom stereocenters. The summed E-state index contributed by atoms with van der Waals surface area (Å²) in [6.07, 6.45) is 1.07. The maximum Gasteiger partial charge on any atom is 0.317 e. The van der Waals surface area contributed by atoms with Gasteiger partial charge >= 0.3 is 6.03 Å². The molecule has 2 heterocycles. The third-order valence-electron chi connectivity index (χ3n) is 4.32. The first-order valence-corrected chi connectivity index (χ1v) is 7.86. The van der Waals surface area contributed by atoms with E-state index >= 15 is 0 Å². The highest BCUT2D eigenvalue weighted by atomic mass is 16.2. The number of rotatable bonds is 5. The second-order valence-electron chi connectivity index (χ2n) is 5.75. The Morgan fingerprint density at radius 1 is 1.32 bits per heavy atom. The van der Waals surface area contributed by atoms with Gasteiger partial charge in [-0.25, -0.2) is 4.79 Å². The van der Waals surface area contributed by atoms with Crippen molar-refractivity contribution in [3.8, 4) is 0 Å². The molecule has 1 unspecified atom stereocenters. The monoisotopic (exact) mass is 302 g/mol. The minimum Gasteiger partial charge on any atom is -0.350 e. The molecule has 2 fully saturated rings. The first-order valence-electron chi connectivity index (χ1n) is 7.86. The van der Waals surface area contributed by atoms with Gasteiger partial charge in [-0.1, -0.05) is 18.2 Å². The van der Waals surface area contributed by atoms with Crippen LogP contribution in [0.25, 0.3) is 0 Å². The van der Waals surface area contributed by atoms with Crippen LogP contribution in [0.4, 0.5) is 4.79 Å².